The number of aryl methyl sites for hydroxylation is 1. The molecule has 1 aliphatic carbocycles. The third kappa shape index (κ3) is 4.38. The number of carbonyl (C=O) groups excluding carboxylic acids is 1. The van der Waals surface area contributed by atoms with Gasteiger partial charge in [-0.05, 0) is 30.6 Å². The molecule has 1 aromatic rings. The van der Waals surface area contributed by atoms with Gasteiger partial charge in [-0.1, -0.05) is 41.9 Å². The van der Waals surface area contributed by atoms with Gasteiger partial charge in [-0.25, -0.2) is 0 Å². The number of nitrogens with one attached hydrogen (secondary N) is 1. The molecule has 0 unspecified atom stereocenters. The third-order valence-electron chi connectivity index (χ3n) is 2.72. The predicted octanol–water partition coefficient (Wildman–Crippen LogP) is 2.83. The highest BCUT2D eigenvalue weighted by Gasteiger charge is 2.08. The van der Waals surface area contributed by atoms with E-state index in [-0.39, 0.29) is 5.78 Å². The van der Waals surface area contributed by atoms with Gasteiger partial charge in [0.1, 0.15) is 5.71 Å². The molecule has 0 bridgehead atoms. The molecule has 0 heterocycles. The number of halogens is 1. The molecule has 0 amide bonds. The van der Waals surface area contributed by atoms with Crippen molar-refractivity contribution in [1.82, 2.24) is 5.43 Å². The summed E-state index contributed by atoms with van der Waals surface area (Å²) in [5, 5.41) is 4.54. The molecule has 0 spiro atoms. The van der Waals surface area contributed by atoms with Crippen molar-refractivity contribution in [2.45, 2.75) is 12.8 Å². The molecule has 4 heteroatoms. The SMILES string of the molecule is O=C1C=C/C(=N\NCCCc2ccccc2)C(Cl)=C1. The average molecular weight is 275 g/mol. The van der Waals surface area contributed by atoms with E-state index < -0.39 is 0 Å². The van der Waals surface area contributed by atoms with Crippen LogP contribution in [0.25, 0.3) is 0 Å². The molecule has 0 saturated carbocycles. The smallest absolute Gasteiger partial charge is 0.180 e. The monoisotopic (exact) mass is 274 g/mol. The van der Waals surface area contributed by atoms with Gasteiger partial charge in [-0.15, -0.1) is 0 Å². The van der Waals surface area contributed by atoms with E-state index in [9.17, 15) is 4.79 Å². The molecule has 1 aromatic carbocycles. The number of hydrazone groups is 1. The van der Waals surface area contributed by atoms with Crippen LogP contribution in [0.5, 0.6) is 0 Å². The first-order valence-corrected chi connectivity index (χ1v) is 6.57. The van der Waals surface area contributed by atoms with Crippen LogP contribution in [0, 0.1) is 0 Å². The molecule has 19 heavy (non-hydrogen) atoms. The fourth-order valence-electron chi connectivity index (χ4n) is 1.74. The summed E-state index contributed by atoms with van der Waals surface area (Å²) in [6.07, 6.45) is 6.44. The zero-order chi connectivity index (χ0) is 13.5. The zero-order valence-electron chi connectivity index (χ0n) is 10.5. The fourth-order valence-corrected chi connectivity index (χ4v) is 1.95. The number of hydrogen-bond donors (Lipinski definition) is 1. The quantitative estimate of drug-likeness (QED) is 0.510. The Kier molecular flexibility index (Phi) is 4.93. The number of carbonyl (C=O) groups is 1. The van der Waals surface area contributed by atoms with Gasteiger partial charge < -0.3 is 5.43 Å². The maximum atomic E-state index is 11.0. The third-order valence-corrected chi connectivity index (χ3v) is 3.02. The second-order valence-corrected chi connectivity index (χ2v) is 4.63. The molecular formula is C15H15ClN2O. The normalized spacial score (nSPS) is 16.6. The van der Waals surface area contributed by atoms with Crippen LogP contribution in [0.4, 0.5) is 0 Å². The van der Waals surface area contributed by atoms with Crippen LogP contribution >= 0.6 is 11.6 Å². The Hall–Kier alpha value is -1.87. The summed E-state index contributed by atoms with van der Waals surface area (Å²) in [5.41, 5.74) is 4.89. The fraction of sp³-hybridized carbons (Fsp3) is 0.200. The maximum Gasteiger partial charge on any atom is 0.180 e. The molecule has 0 fully saturated rings. The van der Waals surface area contributed by atoms with Crippen molar-refractivity contribution in [3.63, 3.8) is 0 Å². The van der Waals surface area contributed by atoms with E-state index >= 15 is 0 Å². The van der Waals surface area contributed by atoms with Crippen LogP contribution < -0.4 is 5.43 Å². The summed E-state index contributed by atoms with van der Waals surface area (Å²) < 4.78 is 0. The van der Waals surface area contributed by atoms with E-state index in [0.29, 0.717) is 10.7 Å². The standard InChI is InChI=1S/C15H15ClN2O/c16-14-11-13(19)8-9-15(14)18-17-10-4-7-12-5-2-1-3-6-12/h1-3,5-6,8-9,11,17H,4,7,10H2/b18-15+. The Morgan fingerprint density at radius 1 is 1.16 bits per heavy atom. The van der Waals surface area contributed by atoms with Gasteiger partial charge in [0.15, 0.2) is 5.78 Å². The van der Waals surface area contributed by atoms with Gasteiger partial charge in [0.05, 0.1) is 5.03 Å². The van der Waals surface area contributed by atoms with Gasteiger partial charge >= 0.3 is 0 Å². The molecular weight excluding hydrogens is 260 g/mol. The number of allylic oxidation sites excluding steroid dienone is 4. The summed E-state index contributed by atoms with van der Waals surface area (Å²) >= 11 is 5.90. The summed E-state index contributed by atoms with van der Waals surface area (Å²) in [6, 6.07) is 10.3. The van der Waals surface area contributed by atoms with Gasteiger partial charge in [-0.3, -0.25) is 4.79 Å². The molecule has 3 nitrogen and oxygen atoms in total. The molecule has 1 N–H and O–H groups in total. The van der Waals surface area contributed by atoms with E-state index in [1.807, 2.05) is 18.2 Å². The maximum absolute atomic E-state index is 11.0. The Balaban J connectivity index is 1.74. The molecule has 0 aliphatic heterocycles. The van der Waals surface area contributed by atoms with Crippen molar-refractivity contribution in [2.24, 2.45) is 5.10 Å². The summed E-state index contributed by atoms with van der Waals surface area (Å²) in [4.78, 5) is 11.0. The first-order valence-electron chi connectivity index (χ1n) is 6.20. The number of ketones is 1. The summed E-state index contributed by atoms with van der Waals surface area (Å²) in [6.45, 7) is 0.768. The van der Waals surface area contributed by atoms with E-state index in [1.165, 1.54) is 17.7 Å². The van der Waals surface area contributed by atoms with Crippen molar-refractivity contribution in [3.8, 4) is 0 Å². The lowest BCUT2D eigenvalue weighted by Gasteiger charge is -2.05. The van der Waals surface area contributed by atoms with E-state index in [2.05, 4.69) is 22.7 Å². The average Bonchev–Trinajstić information content (AvgIpc) is 2.42. The van der Waals surface area contributed by atoms with Gasteiger partial charge in [0, 0.05) is 12.6 Å². The lowest BCUT2D eigenvalue weighted by Crippen LogP contribution is -2.13. The summed E-state index contributed by atoms with van der Waals surface area (Å²) in [7, 11) is 0. The van der Waals surface area contributed by atoms with Crippen LogP contribution in [-0.4, -0.2) is 18.0 Å². The minimum Gasteiger partial charge on any atom is -0.309 e. The number of benzene rings is 1. The lowest BCUT2D eigenvalue weighted by molar-refractivity contribution is -0.110. The van der Waals surface area contributed by atoms with Gasteiger partial charge in [0.25, 0.3) is 0 Å². The molecule has 0 saturated heterocycles. The molecule has 98 valence electrons. The first-order chi connectivity index (χ1) is 9.25. The topological polar surface area (TPSA) is 41.5 Å². The second-order valence-electron chi connectivity index (χ2n) is 4.22. The Bertz CT molecular complexity index is 532. The molecule has 0 atom stereocenters. The van der Waals surface area contributed by atoms with Crippen LogP contribution in [-0.2, 0) is 11.2 Å². The number of hydrogen-bond acceptors (Lipinski definition) is 3. The van der Waals surface area contributed by atoms with E-state index in [1.54, 1.807) is 6.08 Å². The Labute approximate surface area is 117 Å². The first kappa shape index (κ1) is 13.6. The molecule has 0 radical (unpaired) electrons. The lowest BCUT2D eigenvalue weighted by atomic mass is 10.1. The van der Waals surface area contributed by atoms with Crippen molar-refractivity contribution >= 4 is 23.1 Å². The Morgan fingerprint density at radius 2 is 1.95 bits per heavy atom. The zero-order valence-corrected chi connectivity index (χ0v) is 11.2. The highest BCUT2D eigenvalue weighted by atomic mass is 35.5. The molecule has 0 aromatic heterocycles. The number of rotatable bonds is 5. The van der Waals surface area contributed by atoms with Crippen LogP contribution in [0.2, 0.25) is 0 Å². The van der Waals surface area contributed by atoms with E-state index in [0.717, 1.165) is 19.4 Å². The van der Waals surface area contributed by atoms with Crippen molar-refractivity contribution in [3.05, 3.63) is 59.2 Å². The van der Waals surface area contributed by atoms with Crippen LogP contribution in [0.3, 0.4) is 0 Å². The highest BCUT2D eigenvalue weighted by molar-refractivity contribution is 6.48. The van der Waals surface area contributed by atoms with Gasteiger partial charge in [-0.2, -0.15) is 5.10 Å². The number of nitrogens with zero attached hydrogens (tertiary/aromatic N) is 1. The second kappa shape index (κ2) is 6.90. The molecule has 2 rings (SSSR count). The van der Waals surface area contributed by atoms with E-state index in [4.69, 9.17) is 11.6 Å². The van der Waals surface area contributed by atoms with Gasteiger partial charge in [0.2, 0.25) is 0 Å². The van der Waals surface area contributed by atoms with Crippen LogP contribution in [0.15, 0.2) is 58.7 Å². The van der Waals surface area contributed by atoms with Crippen molar-refractivity contribution in [2.75, 3.05) is 6.54 Å². The largest absolute Gasteiger partial charge is 0.309 e. The van der Waals surface area contributed by atoms with Crippen molar-refractivity contribution < 1.29 is 4.79 Å². The Morgan fingerprint density at radius 3 is 2.68 bits per heavy atom. The van der Waals surface area contributed by atoms with Crippen LogP contribution in [0.1, 0.15) is 12.0 Å². The molecule has 1 aliphatic rings. The highest BCUT2D eigenvalue weighted by Crippen LogP contribution is 2.10. The minimum atomic E-state index is -0.104. The minimum absolute atomic E-state index is 0.104. The predicted molar refractivity (Wildman–Crippen MR) is 78.3 cm³/mol. The van der Waals surface area contributed by atoms with Crippen molar-refractivity contribution in [1.29, 1.82) is 0 Å². The summed E-state index contributed by atoms with van der Waals surface area (Å²) in [5.74, 6) is -0.104.